The quantitative estimate of drug-likeness (QED) is 0.854. The van der Waals surface area contributed by atoms with Crippen LogP contribution in [0.25, 0.3) is 10.9 Å². The van der Waals surface area contributed by atoms with Gasteiger partial charge in [-0.3, -0.25) is 9.78 Å². The van der Waals surface area contributed by atoms with Crippen LogP contribution in [-0.4, -0.2) is 24.0 Å². The van der Waals surface area contributed by atoms with Gasteiger partial charge in [0.1, 0.15) is 5.82 Å². The molecule has 4 nitrogen and oxygen atoms in total. The predicted octanol–water partition coefficient (Wildman–Crippen LogP) is 1.38. The maximum absolute atomic E-state index is 13.1. The zero-order valence-electron chi connectivity index (χ0n) is 10.5. The molecule has 1 amide bonds. The van der Waals surface area contributed by atoms with E-state index in [2.05, 4.69) is 10.3 Å². The molecule has 1 aromatic carbocycles. The zero-order valence-corrected chi connectivity index (χ0v) is 10.5. The fraction of sp³-hybridized carbons (Fsp3) is 0.286. The van der Waals surface area contributed by atoms with Crippen LogP contribution in [0.4, 0.5) is 4.39 Å². The Bertz CT molecular complexity index is 586. The summed E-state index contributed by atoms with van der Waals surface area (Å²) >= 11 is 0. The first-order chi connectivity index (χ1) is 9.19. The Labute approximate surface area is 110 Å². The van der Waals surface area contributed by atoms with E-state index in [0.29, 0.717) is 31.4 Å². The number of nitrogens with one attached hydrogen (secondary N) is 1. The summed E-state index contributed by atoms with van der Waals surface area (Å²) in [6.07, 6.45) is 0.886. The predicted molar refractivity (Wildman–Crippen MR) is 72.1 cm³/mol. The smallest absolute Gasteiger partial charge is 0.220 e. The molecular formula is C14H16FN3O. The lowest BCUT2D eigenvalue weighted by molar-refractivity contribution is -0.121. The van der Waals surface area contributed by atoms with Gasteiger partial charge in [0, 0.05) is 36.7 Å². The summed E-state index contributed by atoms with van der Waals surface area (Å²) in [5.74, 6) is -0.357. The van der Waals surface area contributed by atoms with E-state index in [-0.39, 0.29) is 11.7 Å². The first kappa shape index (κ1) is 13.4. The number of hydrogen-bond acceptors (Lipinski definition) is 3. The molecule has 5 heteroatoms. The molecule has 100 valence electrons. The van der Waals surface area contributed by atoms with Crippen LogP contribution < -0.4 is 11.1 Å². The van der Waals surface area contributed by atoms with Crippen molar-refractivity contribution < 1.29 is 9.18 Å². The normalized spacial score (nSPS) is 10.6. The van der Waals surface area contributed by atoms with E-state index in [1.807, 2.05) is 12.1 Å². The average molecular weight is 261 g/mol. The number of aryl methyl sites for hydroxylation is 1. The molecule has 3 N–H and O–H groups in total. The van der Waals surface area contributed by atoms with Crippen molar-refractivity contribution in [2.75, 3.05) is 13.1 Å². The molecule has 0 unspecified atom stereocenters. The van der Waals surface area contributed by atoms with Gasteiger partial charge in [-0.15, -0.1) is 0 Å². The second kappa shape index (κ2) is 6.24. The summed E-state index contributed by atoms with van der Waals surface area (Å²) in [5, 5.41) is 3.58. The van der Waals surface area contributed by atoms with Gasteiger partial charge in [0.15, 0.2) is 0 Å². The molecule has 0 aliphatic carbocycles. The molecule has 2 aromatic rings. The van der Waals surface area contributed by atoms with Crippen molar-refractivity contribution in [3.63, 3.8) is 0 Å². The van der Waals surface area contributed by atoms with Crippen molar-refractivity contribution in [1.29, 1.82) is 0 Å². The van der Waals surface area contributed by atoms with Crippen molar-refractivity contribution >= 4 is 16.8 Å². The minimum Gasteiger partial charge on any atom is -0.355 e. The fourth-order valence-corrected chi connectivity index (χ4v) is 1.81. The van der Waals surface area contributed by atoms with Gasteiger partial charge in [0.05, 0.1) is 5.52 Å². The van der Waals surface area contributed by atoms with Crippen LogP contribution in [0.2, 0.25) is 0 Å². The van der Waals surface area contributed by atoms with E-state index in [1.165, 1.54) is 12.1 Å². The van der Waals surface area contributed by atoms with Gasteiger partial charge in [-0.2, -0.15) is 0 Å². The van der Waals surface area contributed by atoms with E-state index in [0.717, 1.165) is 11.1 Å². The van der Waals surface area contributed by atoms with Crippen molar-refractivity contribution in [2.45, 2.75) is 12.8 Å². The first-order valence-electron chi connectivity index (χ1n) is 6.21. The van der Waals surface area contributed by atoms with E-state index < -0.39 is 0 Å². The van der Waals surface area contributed by atoms with E-state index in [4.69, 9.17) is 5.73 Å². The zero-order chi connectivity index (χ0) is 13.7. The Morgan fingerprint density at radius 2 is 2.11 bits per heavy atom. The Hall–Kier alpha value is -2.01. The fourth-order valence-electron chi connectivity index (χ4n) is 1.81. The van der Waals surface area contributed by atoms with Crippen LogP contribution in [0.3, 0.4) is 0 Å². The van der Waals surface area contributed by atoms with Crippen LogP contribution >= 0.6 is 0 Å². The molecule has 0 saturated carbocycles. The van der Waals surface area contributed by atoms with Gasteiger partial charge < -0.3 is 11.1 Å². The number of aromatic nitrogens is 1. The van der Waals surface area contributed by atoms with Crippen LogP contribution in [0, 0.1) is 5.82 Å². The SMILES string of the molecule is NCCNC(=O)CCc1ccc2ccc(F)cc2n1. The summed E-state index contributed by atoms with van der Waals surface area (Å²) in [6.45, 7) is 0.911. The van der Waals surface area contributed by atoms with E-state index in [9.17, 15) is 9.18 Å². The molecule has 2 rings (SSSR count). The average Bonchev–Trinajstić information content (AvgIpc) is 2.42. The molecule has 1 aromatic heterocycles. The minimum absolute atomic E-state index is 0.0495. The molecule has 0 atom stereocenters. The Balaban J connectivity index is 2.03. The Kier molecular flexibility index (Phi) is 4.41. The van der Waals surface area contributed by atoms with Crippen LogP contribution in [0.15, 0.2) is 30.3 Å². The maximum Gasteiger partial charge on any atom is 0.220 e. The van der Waals surface area contributed by atoms with Crippen molar-refractivity contribution in [3.05, 3.63) is 41.8 Å². The highest BCUT2D eigenvalue weighted by atomic mass is 19.1. The molecule has 0 fully saturated rings. The molecule has 19 heavy (non-hydrogen) atoms. The molecule has 0 aliphatic rings. The van der Waals surface area contributed by atoms with E-state index in [1.54, 1.807) is 6.07 Å². The van der Waals surface area contributed by atoms with Crippen LogP contribution in [-0.2, 0) is 11.2 Å². The van der Waals surface area contributed by atoms with Crippen molar-refractivity contribution in [3.8, 4) is 0 Å². The number of nitrogens with zero attached hydrogens (tertiary/aromatic N) is 1. The Morgan fingerprint density at radius 3 is 2.89 bits per heavy atom. The van der Waals surface area contributed by atoms with Crippen LogP contribution in [0.1, 0.15) is 12.1 Å². The highest BCUT2D eigenvalue weighted by Crippen LogP contribution is 2.14. The molecule has 0 bridgehead atoms. The summed E-state index contributed by atoms with van der Waals surface area (Å²) in [6, 6.07) is 8.23. The molecule has 0 radical (unpaired) electrons. The number of hydrogen-bond donors (Lipinski definition) is 2. The summed E-state index contributed by atoms with van der Waals surface area (Å²) in [7, 11) is 0. The molecule has 0 saturated heterocycles. The number of pyridine rings is 1. The highest BCUT2D eigenvalue weighted by molar-refractivity contribution is 5.79. The third-order valence-electron chi connectivity index (χ3n) is 2.79. The number of benzene rings is 1. The summed E-state index contributed by atoms with van der Waals surface area (Å²) in [5.41, 5.74) is 6.69. The summed E-state index contributed by atoms with van der Waals surface area (Å²) < 4.78 is 13.1. The highest BCUT2D eigenvalue weighted by Gasteiger charge is 2.04. The van der Waals surface area contributed by atoms with Gasteiger partial charge >= 0.3 is 0 Å². The molecule has 1 heterocycles. The number of rotatable bonds is 5. The standard InChI is InChI=1S/C14H16FN3O/c15-11-3-1-10-2-4-12(18-13(10)9-11)5-6-14(19)17-8-7-16/h1-4,9H,5-8,16H2,(H,17,19). The number of nitrogens with two attached hydrogens (primary N) is 1. The lowest BCUT2D eigenvalue weighted by Gasteiger charge is -2.04. The Morgan fingerprint density at radius 1 is 1.32 bits per heavy atom. The van der Waals surface area contributed by atoms with Gasteiger partial charge in [0.25, 0.3) is 0 Å². The van der Waals surface area contributed by atoms with Crippen molar-refractivity contribution in [2.24, 2.45) is 5.73 Å². The van der Waals surface area contributed by atoms with Crippen LogP contribution in [0.5, 0.6) is 0 Å². The second-order valence-electron chi connectivity index (χ2n) is 4.28. The van der Waals surface area contributed by atoms with E-state index >= 15 is 0 Å². The minimum atomic E-state index is -0.308. The van der Waals surface area contributed by atoms with Crippen molar-refractivity contribution in [1.82, 2.24) is 10.3 Å². The van der Waals surface area contributed by atoms with Gasteiger partial charge in [-0.1, -0.05) is 6.07 Å². The topological polar surface area (TPSA) is 68.0 Å². The monoisotopic (exact) mass is 261 g/mol. The van der Waals surface area contributed by atoms with Gasteiger partial charge in [-0.25, -0.2) is 4.39 Å². The number of amides is 1. The number of halogens is 1. The lowest BCUT2D eigenvalue weighted by atomic mass is 10.1. The molecule has 0 spiro atoms. The number of carbonyl (C=O) groups is 1. The second-order valence-corrected chi connectivity index (χ2v) is 4.28. The van der Waals surface area contributed by atoms with Gasteiger partial charge in [0.2, 0.25) is 5.91 Å². The lowest BCUT2D eigenvalue weighted by Crippen LogP contribution is -2.29. The third-order valence-corrected chi connectivity index (χ3v) is 2.79. The third kappa shape index (κ3) is 3.72. The molecule has 0 aliphatic heterocycles. The van der Waals surface area contributed by atoms with Gasteiger partial charge in [-0.05, 0) is 24.6 Å². The largest absolute Gasteiger partial charge is 0.355 e. The molecular weight excluding hydrogens is 245 g/mol. The number of fused-ring (bicyclic) bond motifs is 1. The first-order valence-corrected chi connectivity index (χ1v) is 6.21. The number of carbonyl (C=O) groups excluding carboxylic acids is 1. The summed E-state index contributed by atoms with van der Waals surface area (Å²) in [4.78, 5) is 15.8. The maximum atomic E-state index is 13.1.